The maximum absolute atomic E-state index is 8.91. The molecule has 6 heteroatoms. The zero-order chi connectivity index (χ0) is 10.7. The molecule has 1 aromatic heterocycles. The van der Waals surface area contributed by atoms with E-state index in [9.17, 15) is 0 Å². The molecule has 3 N–H and O–H groups in total. The van der Waals surface area contributed by atoms with Crippen molar-refractivity contribution in [2.75, 3.05) is 22.6 Å². The molecule has 2 heterocycles. The van der Waals surface area contributed by atoms with Gasteiger partial charge in [-0.05, 0) is 35.9 Å². The van der Waals surface area contributed by atoms with Crippen molar-refractivity contribution in [1.29, 1.82) is 5.26 Å². The van der Waals surface area contributed by atoms with Crippen LogP contribution in [-0.4, -0.2) is 21.9 Å². The minimum absolute atomic E-state index is 0.343. The normalized spacial score (nSPS) is 17.3. The van der Waals surface area contributed by atoms with Crippen molar-refractivity contribution < 1.29 is 0 Å². The Morgan fingerprint density at radius 1 is 1.47 bits per heavy atom. The molecule has 0 atom stereocenters. The minimum Gasteiger partial charge on any atom is -0.382 e. The summed E-state index contributed by atoms with van der Waals surface area (Å²) in [6.07, 6.45) is 2.29. The molecule has 1 fully saturated rings. The van der Waals surface area contributed by atoms with Gasteiger partial charge in [0.05, 0.1) is 0 Å². The van der Waals surface area contributed by atoms with Gasteiger partial charge in [0, 0.05) is 6.04 Å². The van der Waals surface area contributed by atoms with E-state index in [-0.39, 0.29) is 0 Å². The highest BCUT2D eigenvalue weighted by Gasteiger charge is 2.17. The molecule has 1 aliphatic heterocycles. The van der Waals surface area contributed by atoms with E-state index in [1.807, 2.05) is 11.8 Å². The quantitative estimate of drug-likeness (QED) is 0.826. The lowest BCUT2D eigenvalue weighted by Crippen LogP contribution is -2.24. The predicted octanol–water partition coefficient (Wildman–Crippen LogP) is 1.90. The van der Waals surface area contributed by atoms with Crippen LogP contribution in [0, 0.1) is 11.3 Å². The summed E-state index contributed by atoms with van der Waals surface area (Å²) in [4.78, 5) is 0. The number of aromatic nitrogens is 1. The summed E-state index contributed by atoms with van der Waals surface area (Å²) in [5.41, 5.74) is 6.09. The number of nitrogens with zero attached hydrogens (tertiary/aromatic N) is 2. The first kappa shape index (κ1) is 10.6. The Kier molecular flexibility index (Phi) is 3.34. The Hall–Kier alpha value is -0.930. The highest BCUT2D eigenvalue weighted by atomic mass is 32.2. The summed E-state index contributed by atoms with van der Waals surface area (Å²) in [7, 11) is 0. The number of thioether (sulfide) groups is 1. The predicted molar refractivity (Wildman–Crippen MR) is 65.2 cm³/mol. The van der Waals surface area contributed by atoms with Crippen molar-refractivity contribution >= 4 is 34.1 Å². The third-order valence-corrected chi connectivity index (χ3v) is 4.23. The van der Waals surface area contributed by atoms with E-state index < -0.39 is 0 Å². The molecule has 0 unspecified atom stereocenters. The summed E-state index contributed by atoms with van der Waals surface area (Å²) in [6.45, 7) is 0. The van der Waals surface area contributed by atoms with Crippen molar-refractivity contribution in [1.82, 2.24) is 4.37 Å². The van der Waals surface area contributed by atoms with Crippen LogP contribution in [0.4, 0.5) is 10.8 Å². The monoisotopic (exact) mass is 240 g/mol. The maximum atomic E-state index is 8.91. The molecule has 0 bridgehead atoms. The summed E-state index contributed by atoms with van der Waals surface area (Å²) >= 11 is 3.26. The Morgan fingerprint density at radius 3 is 2.87 bits per heavy atom. The standard InChI is InChI=1S/C9H12N4S2/c10-5-7-8(11)13-15-9(7)12-6-1-3-14-4-2-6/h6,12H,1-4H2,(H2,11,13). The number of hydrogen-bond donors (Lipinski definition) is 2. The number of nitrogen functional groups attached to an aromatic ring is 1. The van der Waals surface area contributed by atoms with E-state index in [1.165, 1.54) is 23.0 Å². The largest absolute Gasteiger partial charge is 0.382 e. The van der Waals surface area contributed by atoms with Gasteiger partial charge >= 0.3 is 0 Å². The second-order valence-corrected chi connectivity index (χ2v) is 5.41. The molecular formula is C9H12N4S2. The molecule has 0 aliphatic carbocycles. The van der Waals surface area contributed by atoms with Gasteiger partial charge in [-0.2, -0.15) is 21.4 Å². The first-order chi connectivity index (χ1) is 7.31. The number of nitrogens with two attached hydrogens (primary N) is 1. The lowest BCUT2D eigenvalue weighted by atomic mass is 10.1. The van der Waals surface area contributed by atoms with Crippen LogP contribution >= 0.6 is 23.3 Å². The second-order valence-electron chi connectivity index (χ2n) is 3.41. The topological polar surface area (TPSA) is 74.7 Å². The van der Waals surface area contributed by atoms with E-state index in [0.29, 0.717) is 17.4 Å². The molecule has 0 spiro atoms. The molecular weight excluding hydrogens is 228 g/mol. The Bertz CT molecular complexity index is 376. The first-order valence-corrected chi connectivity index (χ1v) is 6.73. The van der Waals surface area contributed by atoms with Crippen LogP contribution < -0.4 is 11.1 Å². The third kappa shape index (κ3) is 2.36. The second kappa shape index (κ2) is 4.73. The van der Waals surface area contributed by atoms with Crippen LogP contribution in [0.1, 0.15) is 18.4 Å². The first-order valence-electron chi connectivity index (χ1n) is 4.81. The molecule has 0 radical (unpaired) electrons. The van der Waals surface area contributed by atoms with Crippen molar-refractivity contribution in [2.24, 2.45) is 0 Å². The van der Waals surface area contributed by atoms with Crippen LogP contribution in [0.25, 0.3) is 0 Å². The number of anilines is 2. The maximum Gasteiger partial charge on any atom is 0.157 e. The van der Waals surface area contributed by atoms with Crippen LogP contribution in [0.3, 0.4) is 0 Å². The van der Waals surface area contributed by atoms with Gasteiger partial charge in [0.25, 0.3) is 0 Å². The highest BCUT2D eigenvalue weighted by molar-refractivity contribution is 7.99. The molecule has 0 amide bonds. The molecule has 0 aromatic carbocycles. The minimum atomic E-state index is 0.343. The van der Waals surface area contributed by atoms with Crippen LogP contribution in [0.2, 0.25) is 0 Å². The molecule has 1 aromatic rings. The molecule has 15 heavy (non-hydrogen) atoms. The van der Waals surface area contributed by atoms with E-state index in [1.54, 1.807) is 0 Å². The van der Waals surface area contributed by atoms with Crippen LogP contribution in [0.15, 0.2) is 0 Å². The van der Waals surface area contributed by atoms with E-state index in [4.69, 9.17) is 11.0 Å². The van der Waals surface area contributed by atoms with E-state index in [0.717, 1.165) is 17.8 Å². The van der Waals surface area contributed by atoms with Gasteiger partial charge < -0.3 is 11.1 Å². The lowest BCUT2D eigenvalue weighted by Gasteiger charge is -2.22. The number of nitriles is 1. The van der Waals surface area contributed by atoms with Gasteiger partial charge in [-0.1, -0.05) is 0 Å². The molecule has 0 saturated carbocycles. The Balaban J connectivity index is 2.06. The van der Waals surface area contributed by atoms with Gasteiger partial charge in [-0.25, -0.2) is 0 Å². The van der Waals surface area contributed by atoms with E-state index >= 15 is 0 Å². The Morgan fingerprint density at radius 2 is 2.20 bits per heavy atom. The molecule has 1 saturated heterocycles. The SMILES string of the molecule is N#Cc1c(N)nsc1NC1CCSCC1. The van der Waals surface area contributed by atoms with Crippen molar-refractivity contribution in [3.8, 4) is 6.07 Å². The number of nitrogens with one attached hydrogen (secondary N) is 1. The average molecular weight is 240 g/mol. The fourth-order valence-corrected chi connectivity index (χ4v) is 3.38. The van der Waals surface area contributed by atoms with Gasteiger partial charge in [-0.3, -0.25) is 0 Å². The van der Waals surface area contributed by atoms with Crippen molar-refractivity contribution in [3.05, 3.63) is 5.56 Å². The van der Waals surface area contributed by atoms with Gasteiger partial charge in [-0.15, -0.1) is 0 Å². The van der Waals surface area contributed by atoms with Gasteiger partial charge in [0.1, 0.15) is 16.6 Å². The number of rotatable bonds is 2. The third-order valence-electron chi connectivity index (χ3n) is 2.39. The summed E-state index contributed by atoms with van der Waals surface area (Å²) in [6, 6.07) is 2.56. The molecule has 4 nitrogen and oxygen atoms in total. The summed E-state index contributed by atoms with van der Waals surface area (Å²) in [5, 5.41) is 13.1. The fraction of sp³-hybridized carbons (Fsp3) is 0.556. The smallest absolute Gasteiger partial charge is 0.157 e. The molecule has 2 rings (SSSR count). The zero-order valence-corrected chi connectivity index (χ0v) is 9.83. The Labute approximate surface area is 97.0 Å². The fourth-order valence-electron chi connectivity index (χ4n) is 1.54. The summed E-state index contributed by atoms with van der Waals surface area (Å²) in [5.74, 6) is 2.72. The van der Waals surface area contributed by atoms with Gasteiger partial charge in [0.2, 0.25) is 0 Å². The highest BCUT2D eigenvalue weighted by Crippen LogP contribution is 2.29. The molecule has 1 aliphatic rings. The van der Waals surface area contributed by atoms with Crippen LogP contribution in [-0.2, 0) is 0 Å². The zero-order valence-electron chi connectivity index (χ0n) is 8.19. The lowest BCUT2D eigenvalue weighted by molar-refractivity contribution is 0.668. The average Bonchev–Trinajstić information content (AvgIpc) is 2.61. The number of hydrogen-bond acceptors (Lipinski definition) is 6. The van der Waals surface area contributed by atoms with E-state index in [2.05, 4.69) is 15.8 Å². The van der Waals surface area contributed by atoms with Crippen molar-refractivity contribution in [2.45, 2.75) is 18.9 Å². The van der Waals surface area contributed by atoms with Crippen molar-refractivity contribution in [3.63, 3.8) is 0 Å². The molecule has 80 valence electrons. The van der Waals surface area contributed by atoms with Crippen LogP contribution in [0.5, 0.6) is 0 Å². The summed E-state index contributed by atoms with van der Waals surface area (Å²) < 4.78 is 3.98. The van der Waals surface area contributed by atoms with Gasteiger partial charge in [0.15, 0.2) is 5.82 Å².